The Morgan fingerprint density at radius 2 is 2.00 bits per heavy atom. The van der Waals surface area contributed by atoms with E-state index in [1.165, 1.54) is 0 Å². The highest BCUT2D eigenvalue weighted by Crippen LogP contribution is 2.30. The van der Waals surface area contributed by atoms with Gasteiger partial charge < -0.3 is 14.2 Å². The van der Waals surface area contributed by atoms with E-state index in [2.05, 4.69) is 17.1 Å². The second-order valence-corrected chi connectivity index (χ2v) is 5.27. The molecule has 0 spiro atoms. The zero-order valence-corrected chi connectivity index (χ0v) is 13.6. The minimum absolute atomic E-state index is 0.147. The first-order valence-electron chi connectivity index (χ1n) is 7.81. The lowest BCUT2D eigenvalue weighted by Gasteiger charge is -2.24. The molecule has 1 amide bonds. The monoisotopic (exact) mass is 338 g/mol. The Hall–Kier alpha value is -3.28. The average molecular weight is 338 g/mol. The van der Waals surface area contributed by atoms with Crippen LogP contribution in [0, 0.1) is 0 Å². The highest BCUT2D eigenvalue weighted by molar-refractivity contribution is 5.85. The molecule has 0 saturated carbocycles. The molecule has 25 heavy (non-hydrogen) atoms. The SMILES string of the molecule is C=CCOc1ccc(/C=N\NC(=O)[C@@H]2COc3ccccc3O2)cc1. The summed E-state index contributed by atoms with van der Waals surface area (Å²) in [6, 6.07) is 14.5. The van der Waals surface area contributed by atoms with Crippen LogP contribution < -0.4 is 19.6 Å². The maximum absolute atomic E-state index is 12.1. The summed E-state index contributed by atoms with van der Waals surface area (Å²) in [6.07, 6.45) is 2.49. The van der Waals surface area contributed by atoms with Crippen molar-refractivity contribution in [1.29, 1.82) is 0 Å². The minimum atomic E-state index is -0.735. The predicted molar refractivity (Wildman–Crippen MR) is 94.2 cm³/mol. The first-order chi connectivity index (χ1) is 12.3. The normalized spacial score (nSPS) is 15.6. The van der Waals surface area contributed by atoms with E-state index >= 15 is 0 Å². The van der Waals surface area contributed by atoms with Gasteiger partial charge >= 0.3 is 0 Å². The van der Waals surface area contributed by atoms with E-state index in [1.54, 1.807) is 24.4 Å². The number of para-hydroxylation sites is 2. The third kappa shape index (κ3) is 4.38. The maximum Gasteiger partial charge on any atom is 0.284 e. The van der Waals surface area contributed by atoms with Crippen molar-refractivity contribution in [1.82, 2.24) is 5.43 Å². The molecule has 3 rings (SSSR count). The number of ether oxygens (including phenoxy) is 3. The molecule has 0 aliphatic carbocycles. The van der Waals surface area contributed by atoms with Crippen LogP contribution in [0.2, 0.25) is 0 Å². The lowest BCUT2D eigenvalue weighted by molar-refractivity contribution is -0.130. The molecular weight excluding hydrogens is 320 g/mol. The molecule has 128 valence electrons. The topological polar surface area (TPSA) is 69.2 Å². The van der Waals surface area contributed by atoms with Gasteiger partial charge in [0, 0.05) is 0 Å². The Kier molecular flexibility index (Phi) is 5.31. The van der Waals surface area contributed by atoms with Gasteiger partial charge in [-0.15, -0.1) is 0 Å². The molecule has 2 aromatic carbocycles. The second-order valence-electron chi connectivity index (χ2n) is 5.27. The second kappa shape index (κ2) is 8.01. The average Bonchev–Trinajstić information content (AvgIpc) is 2.67. The summed E-state index contributed by atoms with van der Waals surface area (Å²) in [5, 5.41) is 3.95. The van der Waals surface area contributed by atoms with Crippen molar-refractivity contribution >= 4 is 12.1 Å². The van der Waals surface area contributed by atoms with E-state index in [0.29, 0.717) is 18.1 Å². The van der Waals surface area contributed by atoms with Crippen LogP contribution in [0.25, 0.3) is 0 Å². The predicted octanol–water partition coefficient (Wildman–Crippen LogP) is 2.54. The summed E-state index contributed by atoms with van der Waals surface area (Å²) < 4.78 is 16.5. The number of hydrogen-bond donors (Lipinski definition) is 1. The molecule has 1 aliphatic rings. The van der Waals surface area contributed by atoms with Crippen LogP contribution in [0.15, 0.2) is 66.3 Å². The molecule has 2 aromatic rings. The van der Waals surface area contributed by atoms with Gasteiger partial charge in [0.2, 0.25) is 6.10 Å². The Morgan fingerprint density at radius 3 is 2.76 bits per heavy atom. The maximum atomic E-state index is 12.1. The number of nitrogens with zero attached hydrogens (tertiary/aromatic N) is 1. The molecule has 0 aromatic heterocycles. The number of carbonyl (C=O) groups excluding carboxylic acids is 1. The Labute approximate surface area is 145 Å². The summed E-state index contributed by atoms with van der Waals surface area (Å²) in [5.41, 5.74) is 3.29. The molecular formula is C19H18N2O4. The van der Waals surface area contributed by atoms with Gasteiger partial charge in [0.05, 0.1) is 6.21 Å². The fourth-order valence-electron chi connectivity index (χ4n) is 2.20. The summed E-state index contributed by atoms with van der Waals surface area (Å²) in [4.78, 5) is 12.1. The number of benzene rings is 2. The molecule has 6 nitrogen and oxygen atoms in total. The molecule has 1 heterocycles. The minimum Gasteiger partial charge on any atom is -0.490 e. The fraction of sp³-hybridized carbons (Fsp3) is 0.158. The number of amides is 1. The zero-order chi connectivity index (χ0) is 17.5. The van der Waals surface area contributed by atoms with Crippen molar-refractivity contribution in [3.8, 4) is 17.2 Å². The van der Waals surface area contributed by atoms with Crippen molar-refractivity contribution in [3.05, 3.63) is 66.7 Å². The lowest BCUT2D eigenvalue weighted by Crippen LogP contribution is -2.42. The van der Waals surface area contributed by atoms with Crippen LogP contribution in [0.4, 0.5) is 0 Å². The van der Waals surface area contributed by atoms with Crippen molar-refractivity contribution in [2.45, 2.75) is 6.10 Å². The molecule has 0 bridgehead atoms. The largest absolute Gasteiger partial charge is 0.490 e. The van der Waals surface area contributed by atoms with E-state index in [9.17, 15) is 4.79 Å². The van der Waals surface area contributed by atoms with E-state index in [0.717, 1.165) is 11.3 Å². The Bertz CT molecular complexity index is 771. The van der Waals surface area contributed by atoms with Crippen LogP contribution in [-0.2, 0) is 4.79 Å². The van der Waals surface area contributed by atoms with Gasteiger partial charge in [-0.1, -0.05) is 24.8 Å². The first-order valence-corrected chi connectivity index (χ1v) is 7.81. The van der Waals surface area contributed by atoms with Crippen LogP contribution in [0.1, 0.15) is 5.56 Å². The fourth-order valence-corrected chi connectivity index (χ4v) is 2.20. The van der Waals surface area contributed by atoms with Gasteiger partial charge in [-0.25, -0.2) is 5.43 Å². The molecule has 1 aliphatic heterocycles. The summed E-state index contributed by atoms with van der Waals surface area (Å²) in [6.45, 7) is 4.20. The first kappa shape index (κ1) is 16.6. The highest BCUT2D eigenvalue weighted by Gasteiger charge is 2.26. The number of hydrogen-bond acceptors (Lipinski definition) is 5. The molecule has 0 unspecified atom stereocenters. The quantitative estimate of drug-likeness (QED) is 0.499. The number of hydrazone groups is 1. The van der Waals surface area contributed by atoms with Gasteiger partial charge in [0.25, 0.3) is 5.91 Å². The molecule has 1 N–H and O–H groups in total. The number of fused-ring (bicyclic) bond motifs is 1. The van der Waals surface area contributed by atoms with Crippen LogP contribution in [0.3, 0.4) is 0 Å². The third-order valence-electron chi connectivity index (χ3n) is 3.44. The number of rotatable bonds is 6. The van der Waals surface area contributed by atoms with E-state index in [4.69, 9.17) is 14.2 Å². The van der Waals surface area contributed by atoms with Gasteiger partial charge in [0.15, 0.2) is 11.5 Å². The summed E-state index contributed by atoms with van der Waals surface area (Å²) >= 11 is 0. The van der Waals surface area contributed by atoms with Crippen LogP contribution in [-0.4, -0.2) is 31.4 Å². The third-order valence-corrected chi connectivity index (χ3v) is 3.44. The number of carbonyl (C=O) groups is 1. The molecule has 0 fully saturated rings. The molecule has 1 atom stereocenters. The van der Waals surface area contributed by atoms with Crippen molar-refractivity contribution < 1.29 is 19.0 Å². The summed E-state index contributed by atoms with van der Waals surface area (Å²) in [7, 11) is 0. The van der Waals surface area contributed by atoms with E-state index in [-0.39, 0.29) is 12.5 Å². The van der Waals surface area contributed by atoms with Gasteiger partial charge in [0.1, 0.15) is 19.0 Å². The lowest BCUT2D eigenvalue weighted by atomic mass is 10.2. The van der Waals surface area contributed by atoms with Gasteiger partial charge in [-0.3, -0.25) is 4.79 Å². The van der Waals surface area contributed by atoms with Crippen molar-refractivity contribution in [3.63, 3.8) is 0 Å². The highest BCUT2D eigenvalue weighted by atomic mass is 16.6. The molecule has 0 saturated heterocycles. The van der Waals surface area contributed by atoms with Crippen molar-refractivity contribution in [2.75, 3.05) is 13.2 Å². The van der Waals surface area contributed by atoms with Crippen LogP contribution in [0.5, 0.6) is 17.2 Å². The Morgan fingerprint density at radius 1 is 1.24 bits per heavy atom. The summed E-state index contributed by atoms with van der Waals surface area (Å²) in [5.74, 6) is 1.56. The Balaban J connectivity index is 1.52. The zero-order valence-electron chi connectivity index (χ0n) is 13.6. The molecule has 6 heteroatoms. The van der Waals surface area contributed by atoms with Gasteiger partial charge in [-0.05, 0) is 42.0 Å². The van der Waals surface area contributed by atoms with Crippen molar-refractivity contribution in [2.24, 2.45) is 5.10 Å². The van der Waals surface area contributed by atoms with Gasteiger partial charge in [-0.2, -0.15) is 5.10 Å². The smallest absolute Gasteiger partial charge is 0.284 e. The van der Waals surface area contributed by atoms with E-state index in [1.807, 2.05) is 36.4 Å². The number of nitrogens with one attached hydrogen (secondary N) is 1. The standard InChI is InChI=1S/C19H18N2O4/c1-2-11-23-15-9-7-14(8-10-15)12-20-21-19(22)18-13-24-16-5-3-4-6-17(16)25-18/h2-10,12,18H,1,11,13H2,(H,21,22)/b20-12-/t18-/m0/s1. The molecule has 0 radical (unpaired) electrons. The van der Waals surface area contributed by atoms with Crippen LogP contribution >= 0.6 is 0 Å². The van der Waals surface area contributed by atoms with E-state index < -0.39 is 6.10 Å².